The summed E-state index contributed by atoms with van der Waals surface area (Å²) in [6.45, 7) is 1.84. The maximum atomic E-state index is 12.2. The first-order chi connectivity index (χ1) is 11.6. The number of pyridine rings is 2. The van der Waals surface area contributed by atoms with E-state index < -0.39 is 0 Å². The lowest BCUT2D eigenvalue weighted by molar-refractivity contribution is 0.102. The molecule has 0 aliphatic carbocycles. The summed E-state index contributed by atoms with van der Waals surface area (Å²) in [6.07, 6.45) is 1.54. The molecule has 6 heteroatoms. The Balaban J connectivity index is 1.73. The van der Waals surface area contributed by atoms with Crippen molar-refractivity contribution in [2.75, 3.05) is 11.1 Å². The molecule has 0 aliphatic rings. The number of rotatable bonds is 4. The van der Waals surface area contributed by atoms with Crippen LogP contribution in [0.25, 0.3) is 0 Å². The summed E-state index contributed by atoms with van der Waals surface area (Å²) in [7, 11) is 0. The number of carbonyl (C=O) groups is 1. The Kier molecular flexibility index (Phi) is 4.38. The highest BCUT2D eigenvalue weighted by atomic mass is 16.5. The van der Waals surface area contributed by atoms with E-state index in [0.29, 0.717) is 28.7 Å². The van der Waals surface area contributed by atoms with Crippen LogP contribution >= 0.6 is 0 Å². The van der Waals surface area contributed by atoms with Crippen LogP contribution in [0.1, 0.15) is 16.2 Å². The summed E-state index contributed by atoms with van der Waals surface area (Å²) < 4.78 is 5.70. The Hall–Kier alpha value is -3.41. The van der Waals surface area contributed by atoms with Gasteiger partial charge in [-0.1, -0.05) is 12.1 Å². The summed E-state index contributed by atoms with van der Waals surface area (Å²) in [6, 6.07) is 15.8. The number of ether oxygens (including phenoxy) is 1. The van der Waals surface area contributed by atoms with Gasteiger partial charge in [0.1, 0.15) is 23.0 Å². The Morgan fingerprint density at radius 2 is 1.92 bits per heavy atom. The average Bonchev–Trinajstić information content (AvgIpc) is 2.57. The number of anilines is 2. The summed E-state index contributed by atoms with van der Waals surface area (Å²) >= 11 is 0. The highest BCUT2D eigenvalue weighted by Crippen LogP contribution is 2.24. The predicted octanol–water partition coefficient (Wildman–Crippen LogP) is 3.41. The minimum absolute atomic E-state index is 0.273. The van der Waals surface area contributed by atoms with Crippen molar-refractivity contribution in [3.05, 3.63) is 72.2 Å². The van der Waals surface area contributed by atoms with Crippen molar-refractivity contribution in [3.63, 3.8) is 0 Å². The monoisotopic (exact) mass is 320 g/mol. The largest absolute Gasteiger partial charge is 0.456 e. The average molecular weight is 320 g/mol. The molecule has 3 rings (SSSR count). The van der Waals surface area contributed by atoms with E-state index in [2.05, 4.69) is 15.3 Å². The first-order valence-corrected chi connectivity index (χ1v) is 7.34. The van der Waals surface area contributed by atoms with Crippen LogP contribution in [0.4, 0.5) is 11.5 Å². The fourth-order valence-electron chi connectivity index (χ4n) is 2.09. The number of aromatic nitrogens is 2. The molecule has 0 saturated carbocycles. The summed E-state index contributed by atoms with van der Waals surface area (Å²) in [5.74, 6) is 1.30. The topological polar surface area (TPSA) is 90.1 Å². The Morgan fingerprint density at radius 1 is 1.08 bits per heavy atom. The lowest BCUT2D eigenvalue weighted by Gasteiger charge is -2.09. The highest BCUT2D eigenvalue weighted by molar-refractivity contribution is 6.02. The molecule has 0 spiro atoms. The molecule has 2 heterocycles. The van der Waals surface area contributed by atoms with Crippen LogP contribution < -0.4 is 15.8 Å². The molecule has 0 fully saturated rings. The molecule has 6 nitrogen and oxygen atoms in total. The Bertz CT molecular complexity index is 863. The van der Waals surface area contributed by atoms with Crippen molar-refractivity contribution in [2.45, 2.75) is 6.92 Å². The molecule has 0 unspecified atom stereocenters. The van der Waals surface area contributed by atoms with E-state index in [1.165, 1.54) is 6.20 Å². The van der Waals surface area contributed by atoms with Gasteiger partial charge in [-0.25, -0.2) is 9.97 Å². The molecular formula is C18H16N4O2. The number of aryl methyl sites for hydroxylation is 1. The second-order valence-electron chi connectivity index (χ2n) is 5.17. The zero-order valence-corrected chi connectivity index (χ0v) is 13.1. The van der Waals surface area contributed by atoms with Gasteiger partial charge < -0.3 is 15.8 Å². The molecule has 3 N–H and O–H groups in total. The van der Waals surface area contributed by atoms with Crippen molar-refractivity contribution in [1.82, 2.24) is 9.97 Å². The standard InChI is InChI=1S/C18H16N4O2/c1-12-4-2-7-16(21-12)18(23)22-13-5-3-6-14(10-13)24-15-8-9-17(19)20-11-15/h2-11H,1H3,(H2,19,20)(H,22,23). The normalized spacial score (nSPS) is 10.2. The molecule has 0 saturated heterocycles. The van der Waals surface area contributed by atoms with Crippen molar-refractivity contribution in [3.8, 4) is 11.5 Å². The first-order valence-electron chi connectivity index (χ1n) is 7.34. The second-order valence-corrected chi connectivity index (χ2v) is 5.17. The van der Waals surface area contributed by atoms with Crippen LogP contribution in [-0.2, 0) is 0 Å². The van der Waals surface area contributed by atoms with Crippen molar-refractivity contribution in [1.29, 1.82) is 0 Å². The Labute approximate surface area is 139 Å². The lowest BCUT2D eigenvalue weighted by atomic mass is 10.2. The van der Waals surface area contributed by atoms with Gasteiger partial charge in [-0.05, 0) is 43.3 Å². The lowest BCUT2D eigenvalue weighted by Crippen LogP contribution is -2.13. The number of hydrogen-bond donors (Lipinski definition) is 2. The van der Waals surface area contributed by atoms with Crippen molar-refractivity contribution in [2.24, 2.45) is 0 Å². The number of nitrogen functional groups attached to an aromatic ring is 1. The smallest absolute Gasteiger partial charge is 0.274 e. The van der Waals surface area contributed by atoms with Gasteiger partial charge in [0.25, 0.3) is 5.91 Å². The zero-order chi connectivity index (χ0) is 16.9. The van der Waals surface area contributed by atoms with Crippen LogP contribution in [0, 0.1) is 6.92 Å². The van der Waals surface area contributed by atoms with E-state index in [9.17, 15) is 4.79 Å². The third-order valence-corrected chi connectivity index (χ3v) is 3.21. The minimum Gasteiger partial charge on any atom is -0.456 e. The zero-order valence-electron chi connectivity index (χ0n) is 13.1. The SMILES string of the molecule is Cc1cccc(C(=O)Nc2cccc(Oc3ccc(N)nc3)c2)n1. The molecule has 1 amide bonds. The molecule has 24 heavy (non-hydrogen) atoms. The minimum atomic E-state index is -0.273. The number of carbonyl (C=O) groups excluding carboxylic acids is 1. The van der Waals surface area contributed by atoms with Crippen LogP contribution in [0.2, 0.25) is 0 Å². The van der Waals surface area contributed by atoms with Crippen molar-refractivity contribution >= 4 is 17.4 Å². The first kappa shape index (κ1) is 15.5. The molecule has 0 aliphatic heterocycles. The van der Waals surface area contributed by atoms with E-state index in [-0.39, 0.29) is 5.91 Å². The summed E-state index contributed by atoms with van der Waals surface area (Å²) in [4.78, 5) is 20.4. The van der Waals surface area contributed by atoms with Gasteiger partial charge in [-0.2, -0.15) is 0 Å². The third kappa shape index (κ3) is 3.86. The quantitative estimate of drug-likeness (QED) is 0.769. The van der Waals surface area contributed by atoms with E-state index >= 15 is 0 Å². The number of nitrogens with zero attached hydrogens (tertiary/aromatic N) is 2. The fraction of sp³-hybridized carbons (Fsp3) is 0.0556. The van der Waals surface area contributed by atoms with Gasteiger partial charge in [-0.3, -0.25) is 4.79 Å². The number of nitrogens with two attached hydrogens (primary N) is 1. The van der Waals surface area contributed by atoms with Crippen LogP contribution in [0.5, 0.6) is 11.5 Å². The molecule has 2 aromatic heterocycles. The predicted molar refractivity (Wildman–Crippen MR) is 92.1 cm³/mol. The van der Waals surface area contributed by atoms with E-state index in [1.807, 2.05) is 13.0 Å². The third-order valence-electron chi connectivity index (χ3n) is 3.21. The maximum absolute atomic E-state index is 12.2. The van der Waals surface area contributed by atoms with Crippen LogP contribution in [-0.4, -0.2) is 15.9 Å². The number of amides is 1. The highest BCUT2D eigenvalue weighted by Gasteiger charge is 2.08. The van der Waals surface area contributed by atoms with Gasteiger partial charge >= 0.3 is 0 Å². The molecule has 0 radical (unpaired) electrons. The molecule has 0 atom stereocenters. The van der Waals surface area contributed by atoms with Crippen LogP contribution in [0.15, 0.2) is 60.8 Å². The van der Waals surface area contributed by atoms with Crippen LogP contribution in [0.3, 0.4) is 0 Å². The molecular weight excluding hydrogens is 304 g/mol. The van der Waals surface area contributed by atoms with Gasteiger partial charge in [-0.15, -0.1) is 0 Å². The van der Waals surface area contributed by atoms with Gasteiger partial charge in [0, 0.05) is 17.4 Å². The molecule has 3 aromatic rings. The summed E-state index contributed by atoms with van der Waals surface area (Å²) in [5, 5.41) is 2.80. The molecule has 1 aromatic carbocycles. The van der Waals surface area contributed by atoms with Gasteiger partial charge in [0.2, 0.25) is 0 Å². The van der Waals surface area contributed by atoms with Gasteiger partial charge in [0.15, 0.2) is 0 Å². The maximum Gasteiger partial charge on any atom is 0.274 e. The molecule has 0 bridgehead atoms. The molecule has 120 valence electrons. The fourth-order valence-corrected chi connectivity index (χ4v) is 2.09. The van der Waals surface area contributed by atoms with Crippen molar-refractivity contribution < 1.29 is 9.53 Å². The number of nitrogens with one attached hydrogen (secondary N) is 1. The van der Waals surface area contributed by atoms with E-state index in [1.54, 1.807) is 48.5 Å². The number of benzene rings is 1. The number of hydrogen-bond acceptors (Lipinski definition) is 5. The Morgan fingerprint density at radius 3 is 2.67 bits per heavy atom. The van der Waals surface area contributed by atoms with Gasteiger partial charge in [0.05, 0.1) is 6.20 Å². The van der Waals surface area contributed by atoms with E-state index in [4.69, 9.17) is 10.5 Å². The van der Waals surface area contributed by atoms with E-state index in [0.717, 1.165) is 5.69 Å². The second kappa shape index (κ2) is 6.78. The summed E-state index contributed by atoms with van der Waals surface area (Å²) in [5.41, 5.74) is 7.31.